The zero-order chi connectivity index (χ0) is 24.7. The van der Waals surface area contributed by atoms with Gasteiger partial charge in [-0.05, 0) is 29.7 Å². The first-order valence-electron chi connectivity index (χ1n) is 11.2. The average molecular weight is 474 g/mol. The fourth-order valence-corrected chi connectivity index (χ4v) is 5.15. The topological polar surface area (TPSA) is 86.7 Å². The molecule has 34 heavy (non-hydrogen) atoms. The number of rotatable bonds is 7. The van der Waals surface area contributed by atoms with Crippen LogP contribution in [0.2, 0.25) is 0 Å². The summed E-state index contributed by atoms with van der Waals surface area (Å²) in [4.78, 5) is 40.6. The molecule has 2 fully saturated rings. The number of carboxylic acids is 1. The van der Waals surface area contributed by atoms with Gasteiger partial charge >= 0.3 is 12.1 Å². The third-order valence-electron chi connectivity index (χ3n) is 6.76. The summed E-state index contributed by atoms with van der Waals surface area (Å²) < 4.78 is 40.2. The maximum absolute atomic E-state index is 13.4. The highest BCUT2D eigenvalue weighted by Gasteiger charge is 2.68. The van der Waals surface area contributed by atoms with Crippen molar-refractivity contribution in [1.82, 2.24) is 10.2 Å². The van der Waals surface area contributed by atoms with Crippen LogP contribution in [-0.4, -0.2) is 39.9 Å². The Kier molecular flexibility index (Phi) is 6.24. The Morgan fingerprint density at radius 1 is 1.09 bits per heavy atom. The molecule has 9 heteroatoms. The second-order valence-corrected chi connectivity index (χ2v) is 8.87. The quantitative estimate of drug-likeness (QED) is 0.596. The number of alkyl halides is 3. The minimum Gasteiger partial charge on any atom is -0.480 e. The van der Waals surface area contributed by atoms with Gasteiger partial charge < -0.3 is 5.11 Å². The number of aliphatic carboxylic acids is 1. The number of carbonyl (C=O) groups is 3. The van der Waals surface area contributed by atoms with E-state index < -0.39 is 52.9 Å². The molecular formula is C25H25F3N2O4. The van der Waals surface area contributed by atoms with Gasteiger partial charge in [-0.25, -0.2) is 0 Å². The van der Waals surface area contributed by atoms with Crippen molar-refractivity contribution in [3.05, 3.63) is 71.3 Å². The molecule has 2 saturated heterocycles. The molecule has 4 unspecified atom stereocenters. The number of hydrogen-bond acceptors (Lipinski definition) is 4. The highest BCUT2D eigenvalue weighted by molar-refractivity contribution is 6.09. The van der Waals surface area contributed by atoms with E-state index in [1.165, 1.54) is 12.1 Å². The molecule has 2 aromatic rings. The molecule has 0 bridgehead atoms. The highest BCUT2D eigenvalue weighted by atomic mass is 19.4. The monoisotopic (exact) mass is 474 g/mol. The lowest BCUT2D eigenvalue weighted by Crippen LogP contribution is -2.57. The number of likely N-dealkylation sites (tertiary alicyclic amines) is 1. The molecule has 2 amide bonds. The summed E-state index contributed by atoms with van der Waals surface area (Å²) >= 11 is 0. The van der Waals surface area contributed by atoms with Gasteiger partial charge in [-0.1, -0.05) is 55.8 Å². The molecule has 2 aliphatic heterocycles. The zero-order valence-corrected chi connectivity index (χ0v) is 18.5. The molecule has 4 atom stereocenters. The first-order valence-corrected chi connectivity index (χ1v) is 11.2. The van der Waals surface area contributed by atoms with Crippen molar-refractivity contribution in [2.24, 2.45) is 11.8 Å². The van der Waals surface area contributed by atoms with Crippen LogP contribution in [0.5, 0.6) is 0 Å². The summed E-state index contributed by atoms with van der Waals surface area (Å²) in [5.41, 5.74) is -2.00. The number of hydrogen-bond donors (Lipinski definition) is 2. The molecule has 0 saturated carbocycles. The summed E-state index contributed by atoms with van der Waals surface area (Å²) in [5.74, 6) is -4.82. The van der Waals surface area contributed by atoms with Crippen LogP contribution in [0.1, 0.15) is 42.5 Å². The van der Waals surface area contributed by atoms with Crippen LogP contribution in [0.15, 0.2) is 54.6 Å². The van der Waals surface area contributed by atoms with Gasteiger partial charge in [-0.2, -0.15) is 13.2 Å². The average Bonchev–Trinajstić information content (AvgIpc) is 3.27. The summed E-state index contributed by atoms with van der Waals surface area (Å²) in [6.45, 7) is 2.05. The van der Waals surface area contributed by atoms with Crippen LogP contribution in [-0.2, 0) is 27.0 Å². The van der Waals surface area contributed by atoms with Gasteiger partial charge in [0.25, 0.3) is 0 Å². The maximum Gasteiger partial charge on any atom is 0.416 e. The smallest absolute Gasteiger partial charge is 0.416 e. The predicted molar refractivity (Wildman–Crippen MR) is 116 cm³/mol. The number of carbonyl (C=O) groups excluding carboxylic acids is 2. The van der Waals surface area contributed by atoms with Gasteiger partial charge in [0.05, 0.1) is 17.4 Å². The minimum atomic E-state index is -4.61. The van der Waals surface area contributed by atoms with Gasteiger partial charge in [0.2, 0.25) is 11.8 Å². The second kappa shape index (κ2) is 8.87. The Labute approximate surface area is 194 Å². The van der Waals surface area contributed by atoms with E-state index in [4.69, 9.17) is 0 Å². The number of benzene rings is 2. The lowest BCUT2D eigenvalue weighted by molar-refractivity contribution is -0.151. The van der Waals surface area contributed by atoms with Crippen LogP contribution in [0.3, 0.4) is 0 Å². The van der Waals surface area contributed by atoms with Crippen molar-refractivity contribution in [3.8, 4) is 0 Å². The third-order valence-corrected chi connectivity index (χ3v) is 6.76. The molecule has 0 aliphatic carbocycles. The number of carboxylic acid groups (broad SMARTS) is 1. The largest absolute Gasteiger partial charge is 0.480 e. The number of fused-ring (bicyclic) bond motifs is 1. The number of nitrogens with one attached hydrogen (secondary N) is 1. The van der Waals surface area contributed by atoms with Crippen LogP contribution >= 0.6 is 0 Å². The Morgan fingerprint density at radius 3 is 2.41 bits per heavy atom. The summed E-state index contributed by atoms with van der Waals surface area (Å²) in [6, 6.07) is 12.1. The van der Waals surface area contributed by atoms with Crippen molar-refractivity contribution in [2.75, 3.05) is 6.54 Å². The molecule has 2 aromatic carbocycles. The lowest BCUT2D eigenvalue weighted by Gasteiger charge is -2.31. The van der Waals surface area contributed by atoms with Crippen LogP contribution < -0.4 is 5.32 Å². The van der Waals surface area contributed by atoms with Gasteiger partial charge in [0.15, 0.2) is 0 Å². The van der Waals surface area contributed by atoms with Gasteiger partial charge in [0.1, 0.15) is 5.54 Å². The maximum atomic E-state index is 13.4. The molecule has 180 valence electrons. The van der Waals surface area contributed by atoms with Gasteiger partial charge in [-0.15, -0.1) is 0 Å². The van der Waals surface area contributed by atoms with E-state index in [0.717, 1.165) is 23.5 Å². The van der Waals surface area contributed by atoms with Crippen LogP contribution in [0, 0.1) is 11.8 Å². The number of unbranched alkanes of at least 4 members (excludes halogenated alkanes) is 1. The van der Waals surface area contributed by atoms with Crippen molar-refractivity contribution < 1.29 is 32.7 Å². The molecule has 0 spiro atoms. The Hall–Kier alpha value is -3.20. The zero-order valence-electron chi connectivity index (χ0n) is 18.5. The number of halogens is 3. The van der Waals surface area contributed by atoms with E-state index in [1.54, 1.807) is 30.3 Å². The number of imide groups is 1. The molecule has 2 heterocycles. The third kappa shape index (κ3) is 3.98. The summed E-state index contributed by atoms with van der Waals surface area (Å²) in [6.07, 6.45) is -3.43. The van der Waals surface area contributed by atoms with E-state index in [1.807, 2.05) is 6.92 Å². The van der Waals surface area contributed by atoms with Crippen molar-refractivity contribution in [1.29, 1.82) is 0 Å². The summed E-state index contributed by atoms with van der Waals surface area (Å²) in [7, 11) is 0. The first-order chi connectivity index (χ1) is 16.1. The summed E-state index contributed by atoms with van der Waals surface area (Å²) in [5, 5.41) is 13.3. The molecule has 0 radical (unpaired) electrons. The number of amides is 2. The molecule has 4 rings (SSSR count). The van der Waals surface area contributed by atoms with Crippen molar-refractivity contribution >= 4 is 17.8 Å². The van der Waals surface area contributed by atoms with Gasteiger partial charge in [0, 0.05) is 19.0 Å². The lowest BCUT2D eigenvalue weighted by atomic mass is 9.76. The molecule has 2 N–H and O–H groups in total. The molecule has 2 aliphatic rings. The fraction of sp³-hybridized carbons (Fsp3) is 0.400. The van der Waals surface area contributed by atoms with Crippen molar-refractivity contribution in [2.45, 2.75) is 43.9 Å². The normalized spacial score (nSPS) is 26.7. The van der Waals surface area contributed by atoms with Crippen LogP contribution in [0.4, 0.5) is 13.2 Å². The van der Waals surface area contributed by atoms with Gasteiger partial charge in [-0.3, -0.25) is 24.6 Å². The highest BCUT2D eigenvalue weighted by Crippen LogP contribution is 2.50. The van der Waals surface area contributed by atoms with Crippen molar-refractivity contribution in [3.63, 3.8) is 0 Å². The molecule has 0 aromatic heterocycles. The van der Waals surface area contributed by atoms with E-state index in [9.17, 15) is 32.7 Å². The minimum absolute atomic E-state index is 0.0968. The Morgan fingerprint density at radius 2 is 1.79 bits per heavy atom. The van der Waals surface area contributed by atoms with E-state index in [0.29, 0.717) is 12.0 Å². The van der Waals surface area contributed by atoms with E-state index in [-0.39, 0.29) is 18.5 Å². The molecule has 6 nitrogen and oxygen atoms in total. The SMILES string of the molecule is CCCCN1C(=O)C2C(c3cccc(C(F)(F)F)c3)NC(Cc3ccccc3)(C(=O)O)C2C1=O. The standard InChI is InChI=1S/C25H25F3N2O4/c1-2-3-12-30-21(31)18-19(22(30)32)24(23(33)34,14-15-8-5-4-6-9-15)29-20(18)16-10-7-11-17(13-16)25(26,27)28/h4-11,13,18-20,29H,2-3,12,14H2,1H3,(H,33,34). The first kappa shape index (κ1) is 23.9. The predicted octanol–water partition coefficient (Wildman–Crippen LogP) is 3.82. The fourth-order valence-electron chi connectivity index (χ4n) is 5.15. The Balaban J connectivity index is 1.83. The molecular weight excluding hydrogens is 449 g/mol. The Bertz CT molecular complexity index is 1100. The van der Waals surface area contributed by atoms with E-state index >= 15 is 0 Å². The van der Waals surface area contributed by atoms with Crippen LogP contribution in [0.25, 0.3) is 0 Å². The second-order valence-electron chi connectivity index (χ2n) is 8.87. The number of nitrogens with zero attached hydrogens (tertiary/aromatic N) is 1. The van der Waals surface area contributed by atoms with E-state index in [2.05, 4.69) is 5.32 Å².